The number of halogens is 1. The molecule has 0 aliphatic rings. The molecule has 1 aromatic rings. The van der Waals surface area contributed by atoms with E-state index in [2.05, 4.69) is 4.72 Å². The van der Waals surface area contributed by atoms with Crippen LogP contribution in [0.2, 0.25) is 5.02 Å². The Hall–Kier alpha value is -1.31. The number of anilines is 1. The van der Waals surface area contributed by atoms with Crippen molar-refractivity contribution in [3.63, 3.8) is 0 Å². The molecule has 8 heteroatoms. The molecule has 1 rings (SSSR count). The van der Waals surface area contributed by atoms with Crippen molar-refractivity contribution in [3.05, 3.63) is 28.8 Å². The second kappa shape index (κ2) is 6.23. The van der Waals surface area contributed by atoms with Crippen molar-refractivity contribution in [3.8, 4) is 0 Å². The second-order valence-electron chi connectivity index (χ2n) is 3.66. The standard InChI is InChI=1S/C11H15ClN2O4S/c1-3-14(4-2)19(17,18)13-9-7-5-6-8(12)10(9)11(15)16/h5-7,13H,3-4H2,1-2H3,(H,15,16). The van der Waals surface area contributed by atoms with Gasteiger partial charge in [0.2, 0.25) is 0 Å². The van der Waals surface area contributed by atoms with Crippen LogP contribution in [0.1, 0.15) is 24.2 Å². The van der Waals surface area contributed by atoms with Crippen LogP contribution in [0.25, 0.3) is 0 Å². The number of benzene rings is 1. The van der Waals surface area contributed by atoms with Crippen LogP contribution in [0, 0.1) is 0 Å². The predicted molar refractivity (Wildman–Crippen MR) is 73.9 cm³/mol. The van der Waals surface area contributed by atoms with E-state index in [-0.39, 0.29) is 29.4 Å². The molecule has 0 atom stereocenters. The maximum Gasteiger partial charge on any atom is 0.339 e. The summed E-state index contributed by atoms with van der Waals surface area (Å²) < 4.78 is 27.5. The number of hydrogen-bond donors (Lipinski definition) is 2. The summed E-state index contributed by atoms with van der Waals surface area (Å²) in [6.45, 7) is 3.96. The third kappa shape index (κ3) is 3.59. The Morgan fingerprint density at radius 2 is 1.95 bits per heavy atom. The second-order valence-corrected chi connectivity index (χ2v) is 5.74. The summed E-state index contributed by atoms with van der Waals surface area (Å²) in [6.07, 6.45) is 0. The Bertz CT molecular complexity index is 570. The van der Waals surface area contributed by atoms with Gasteiger partial charge in [0.1, 0.15) is 5.56 Å². The smallest absolute Gasteiger partial charge is 0.339 e. The van der Waals surface area contributed by atoms with Gasteiger partial charge < -0.3 is 5.11 Å². The van der Waals surface area contributed by atoms with Crippen molar-refractivity contribution < 1.29 is 18.3 Å². The molecule has 0 fully saturated rings. The molecule has 0 spiro atoms. The molecular weight excluding hydrogens is 292 g/mol. The first kappa shape index (κ1) is 15.7. The minimum Gasteiger partial charge on any atom is -0.478 e. The Morgan fingerprint density at radius 3 is 2.42 bits per heavy atom. The number of aromatic carboxylic acids is 1. The molecule has 1 aromatic carbocycles. The van der Waals surface area contributed by atoms with Crippen molar-refractivity contribution in [2.24, 2.45) is 0 Å². The van der Waals surface area contributed by atoms with Gasteiger partial charge in [-0.2, -0.15) is 12.7 Å². The monoisotopic (exact) mass is 306 g/mol. The summed E-state index contributed by atoms with van der Waals surface area (Å²) >= 11 is 5.77. The molecule has 0 aromatic heterocycles. The molecule has 0 radical (unpaired) electrons. The van der Waals surface area contributed by atoms with Crippen LogP contribution >= 0.6 is 11.6 Å². The van der Waals surface area contributed by atoms with E-state index in [0.717, 1.165) is 0 Å². The molecule has 0 amide bonds. The molecule has 0 unspecified atom stereocenters. The molecule has 0 saturated carbocycles. The van der Waals surface area contributed by atoms with Crippen LogP contribution in [0.15, 0.2) is 18.2 Å². The lowest BCUT2D eigenvalue weighted by atomic mass is 10.2. The highest BCUT2D eigenvalue weighted by molar-refractivity contribution is 7.90. The van der Waals surface area contributed by atoms with E-state index in [1.54, 1.807) is 13.8 Å². The predicted octanol–water partition coefficient (Wildman–Crippen LogP) is 2.04. The van der Waals surface area contributed by atoms with Gasteiger partial charge in [0.25, 0.3) is 0 Å². The van der Waals surface area contributed by atoms with Crippen LogP contribution in [0.3, 0.4) is 0 Å². The summed E-state index contributed by atoms with van der Waals surface area (Å²) in [7, 11) is -3.79. The molecular formula is C11H15ClN2O4S. The van der Waals surface area contributed by atoms with Gasteiger partial charge >= 0.3 is 16.2 Å². The Labute approximate surface area is 117 Å². The lowest BCUT2D eigenvalue weighted by molar-refractivity contribution is 0.0698. The van der Waals surface area contributed by atoms with Crippen LogP contribution in [0.5, 0.6) is 0 Å². The number of carboxylic acid groups (broad SMARTS) is 1. The summed E-state index contributed by atoms with van der Waals surface area (Å²) in [5.41, 5.74) is -0.313. The summed E-state index contributed by atoms with van der Waals surface area (Å²) in [5, 5.41) is 9.04. The highest BCUT2D eigenvalue weighted by Crippen LogP contribution is 2.25. The van der Waals surface area contributed by atoms with Crippen LogP contribution in [0.4, 0.5) is 5.69 Å². The van der Waals surface area contributed by atoms with Gasteiger partial charge in [-0.05, 0) is 12.1 Å². The Morgan fingerprint density at radius 1 is 1.37 bits per heavy atom. The molecule has 0 aliphatic heterocycles. The third-order valence-corrected chi connectivity index (χ3v) is 4.50. The van der Waals surface area contributed by atoms with E-state index in [9.17, 15) is 13.2 Å². The zero-order chi connectivity index (χ0) is 14.6. The molecule has 0 heterocycles. The first-order chi connectivity index (χ1) is 8.83. The highest BCUT2D eigenvalue weighted by atomic mass is 35.5. The van der Waals surface area contributed by atoms with Crippen molar-refractivity contribution in [1.82, 2.24) is 4.31 Å². The normalized spacial score (nSPS) is 11.6. The first-order valence-electron chi connectivity index (χ1n) is 5.63. The van der Waals surface area contributed by atoms with Crippen molar-refractivity contribution in [1.29, 1.82) is 0 Å². The molecule has 2 N–H and O–H groups in total. The Kier molecular flexibility index (Phi) is 5.16. The van der Waals surface area contributed by atoms with E-state index in [1.165, 1.54) is 22.5 Å². The van der Waals surface area contributed by atoms with Gasteiger partial charge in [-0.15, -0.1) is 0 Å². The van der Waals surface area contributed by atoms with Gasteiger partial charge in [0, 0.05) is 13.1 Å². The van der Waals surface area contributed by atoms with E-state index in [1.807, 2.05) is 0 Å². The van der Waals surface area contributed by atoms with Crippen LogP contribution in [-0.2, 0) is 10.2 Å². The molecule has 0 aliphatic carbocycles. The van der Waals surface area contributed by atoms with Gasteiger partial charge in [0.05, 0.1) is 10.7 Å². The van der Waals surface area contributed by atoms with E-state index in [0.29, 0.717) is 0 Å². The number of nitrogens with one attached hydrogen (secondary N) is 1. The minimum atomic E-state index is -3.79. The Balaban J connectivity index is 3.20. The fraction of sp³-hybridized carbons (Fsp3) is 0.364. The minimum absolute atomic E-state index is 0.0211. The summed E-state index contributed by atoms with van der Waals surface area (Å²) in [5.74, 6) is -1.29. The fourth-order valence-electron chi connectivity index (χ4n) is 1.59. The van der Waals surface area contributed by atoms with Crippen molar-refractivity contribution in [2.75, 3.05) is 17.8 Å². The molecule has 0 bridgehead atoms. The lowest BCUT2D eigenvalue weighted by Crippen LogP contribution is -2.35. The summed E-state index contributed by atoms with van der Waals surface area (Å²) in [6, 6.07) is 4.23. The van der Waals surface area contributed by atoms with Crippen molar-refractivity contribution in [2.45, 2.75) is 13.8 Å². The number of hydrogen-bond acceptors (Lipinski definition) is 3. The number of nitrogens with zero attached hydrogens (tertiary/aromatic N) is 1. The maximum atomic E-state index is 12.0. The maximum absolute atomic E-state index is 12.0. The average Bonchev–Trinajstić information content (AvgIpc) is 2.28. The average molecular weight is 307 g/mol. The van der Waals surface area contributed by atoms with Gasteiger partial charge in [-0.1, -0.05) is 31.5 Å². The first-order valence-corrected chi connectivity index (χ1v) is 7.45. The zero-order valence-corrected chi connectivity index (χ0v) is 12.1. The third-order valence-electron chi connectivity index (χ3n) is 2.51. The molecule has 19 heavy (non-hydrogen) atoms. The van der Waals surface area contributed by atoms with Crippen molar-refractivity contribution >= 4 is 33.5 Å². The molecule has 106 valence electrons. The largest absolute Gasteiger partial charge is 0.478 e. The van der Waals surface area contributed by atoms with E-state index >= 15 is 0 Å². The van der Waals surface area contributed by atoms with E-state index in [4.69, 9.17) is 16.7 Å². The van der Waals surface area contributed by atoms with Crippen LogP contribution < -0.4 is 4.72 Å². The highest BCUT2D eigenvalue weighted by Gasteiger charge is 2.22. The number of carboxylic acids is 1. The van der Waals surface area contributed by atoms with Gasteiger partial charge in [-0.3, -0.25) is 4.72 Å². The SMILES string of the molecule is CCN(CC)S(=O)(=O)Nc1cccc(Cl)c1C(=O)O. The summed E-state index contributed by atoms with van der Waals surface area (Å²) in [4.78, 5) is 11.1. The van der Waals surface area contributed by atoms with E-state index < -0.39 is 16.2 Å². The quantitative estimate of drug-likeness (QED) is 0.842. The fourth-order valence-corrected chi connectivity index (χ4v) is 3.11. The van der Waals surface area contributed by atoms with Crippen LogP contribution in [-0.4, -0.2) is 36.9 Å². The van der Waals surface area contributed by atoms with Gasteiger partial charge in [0.15, 0.2) is 0 Å². The molecule has 0 saturated heterocycles. The lowest BCUT2D eigenvalue weighted by Gasteiger charge is -2.20. The number of rotatable bonds is 6. The molecule has 6 nitrogen and oxygen atoms in total. The van der Waals surface area contributed by atoms with Gasteiger partial charge in [-0.25, -0.2) is 4.79 Å². The zero-order valence-electron chi connectivity index (χ0n) is 10.6. The number of carbonyl (C=O) groups is 1. The topological polar surface area (TPSA) is 86.7 Å².